The molecule has 5 heteroatoms. The first-order valence-electron chi connectivity index (χ1n) is 8.56. The maximum absolute atomic E-state index is 12.2. The lowest BCUT2D eigenvalue weighted by Gasteiger charge is -2.08. The number of carbonyl (C=O) groups excluding carboxylic acids is 2. The van der Waals surface area contributed by atoms with Gasteiger partial charge in [-0.3, -0.25) is 9.59 Å². The molecule has 0 fully saturated rings. The van der Waals surface area contributed by atoms with Crippen LogP contribution in [0, 0.1) is 0 Å². The number of amides is 2. The molecule has 136 valence electrons. The van der Waals surface area contributed by atoms with Crippen LogP contribution in [0.1, 0.15) is 21.5 Å². The van der Waals surface area contributed by atoms with Gasteiger partial charge in [-0.15, -0.1) is 0 Å². The van der Waals surface area contributed by atoms with Gasteiger partial charge < -0.3 is 10.6 Å². The Morgan fingerprint density at radius 1 is 0.778 bits per heavy atom. The zero-order valence-corrected chi connectivity index (χ0v) is 15.4. The third-order valence-electron chi connectivity index (χ3n) is 4.00. The molecule has 0 aliphatic carbocycles. The molecule has 0 spiro atoms. The van der Waals surface area contributed by atoms with Crippen molar-refractivity contribution >= 4 is 29.1 Å². The van der Waals surface area contributed by atoms with Crippen LogP contribution in [-0.2, 0) is 17.8 Å². The third-order valence-corrected chi connectivity index (χ3v) is 4.26. The molecule has 27 heavy (non-hydrogen) atoms. The van der Waals surface area contributed by atoms with Gasteiger partial charge in [-0.2, -0.15) is 0 Å². The van der Waals surface area contributed by atoms with Crippen molar-refractivity contribution in [3.8, 4) is 0 Å². The van der Waals surface area contributed by atoms with Gasteiger partial charge in [0, 0.05) is 22.8 Å². The summed E-state index contributed by atoms with van der Waals surface area (Å²) >= 11 is 5.85. The molecular formula is C22H19ClN2O2. The van der Waals surface area contributed by atoms with Crippen LogP contribution in [0.15, 0.2) is 78.9 Å². The predicted molar refractivity (Wildman–Crippen MR) is 108 cm³/mol. The molecular weight excluding hydrogens is 360 g/mol. The smallest absolute Gasteiger partial charge is 0.251 e. The number of hydrogen-bond donors (Lipinski definition) is 2. The molecule has 2 N–H and O–H groups in total. The molecule has 2 amide bonds. The first-order valence-corrected chi connectivity index (χ1v) is 8.94. The largest absolute Gasteiger partial charge is 0.348 e. The fraction of sp³-hybridized carbons (Fsp3) is 0.0909. The van der Waals surface area contributed by atoms with Crippen molar-refractivity contribution in [3.63, 3.8) is 0 Å². The van der Waals surface area contributed by atoms with Gasteiger partial charge in [-0.1, -0.05) is 54.1 Å². The number of rotatable bonds is 6. The van der Waals surface area contributed by atoms with Crippen molar-refractivity contribution in [2.75, 3.05) is 5.32 Å². The highest BCUT2D eigenvalue weighted by Crippen LogP contribution is 2.12. The van der Waals surface area contributed by atoms with E-state index in [0.717, 1.165) is 11.1 Å². The van der Waals surface area contributed by atoms with Crippen LogP contribution in [-0.4, -0.2) is 11.8 Å². The molecule has 0 saturated heterocycles. The average Bonchev–Trinajstić information content (AvgIpc) is 2.68. The maximum atomic E-state index is 12.2. The Hall–Kier alpha value is -3.11. The topological polar surface area (TPSA) is 58.2 Å². The SMILES string of the molecule is O=C(Cc1ccccc1)Nc1ccc(C(=O)NCc2ccc(Cl)cc2)cc1. The van der Waals surface area contributed by atoms with Gasteiger partial charge in [0.1, 0.15) is 0 Å². The van der Waals surface area contributed by atoms with Crippen molar-refractivity contribution in [2.24, 2.45) is 0 Å². The van der Waals surface area contributed by atoms with E-state index in [2.05, 4.69) is 10.6 Å². The number of nitrogens with one attached hydrogen (secondary N) is 2. The molecule has 0 heterocycles. The minimum Gasteiger partial charge on any atom is -0.348 e. The molecule has 0 aliphatic heterocycles. The van der Waals surface area contributed by atoms with Gasteiger partial charge >= 0.3 is 0 Å². The molecule has 4 nitrogen and oxygen atoms in total. The highest BCUT2D eigenvalue weighted by Gasteiger charge is 2.07. The summed E-state index contributed by atoms with van der Waals surface area (Å²) in [6, 6.07) is 23.7. The molecule has 0 aliphatic rings. The average molecular weight is 379 g/mol. The number of carbonyl (C=O) groups is 2. The highest BCUT2D eigenvalue weighted by molar-refractivity contribution is 6.30. The molecule has 0 saturated carbocycles. The van der Waals surface area contributed by atoms with Gasteiger partial charge in [0.15, 0.2) is 0 Å². The van der Waals surface area contributed by atoms with E-state index in [0.29, 0.717) is 29.2 Å². The molecule has 3 aromatic carbocycles. The lowest BCUT2D eigenvalue weighted by Crippen LogP contribution is -2.22. The second-order valence-electron chi connectivity index (χ2n) is 6.10. The summed E-state index contributed by atoms with van der Waals surface area (Å²) in [4.78, 5) is 24.3. The minimum absolute atomic E-state index is 0.0962. The second kappa shape index (κ2) is 9.01. The summed E-state index contributed by atoms with van der Waals surface area (Å²) in [5.74, 6) is -0.270. The Morgan fingerprint density at radius 3 is 2.11 bits per heavy atom. The van der Waals surface area contributed by atoms with E-state index >= 15 is 0 Å². The standard InChI is InChI=1S/C22H19ClN2O2/c23-19-10-6-17(7-11-19)15-24-22(27)18-8-12-20(13-9-18)25-21(26)14-16-4-2-1-3-5-16/h1-13H,14-15H2,(H,24,27)(H,25,26). The minimum atomic E-state index is -0.174. The quantitative estimate of drug-likeness (QED) is 0.665. The van der Waals surface area contributed by atoms with Crippen molar-refractivity contribution < 1.29 is 9.59 Å². The second-order valence-corrected chi connectivity index (χ2v) is 6.53. The summed E-state index contributed by atoms with van der Waals surface area (Å²) < 4.78 is 0. The van der Waals surface area contributed by atoms with Gasteiger partial charge in [-0.25, -0.2) is 0 Å². The lowest BCUT2D eigenvalue weighted by atomic mass is 10.1. The van der Waals surface area contributed by atoms with E-state index in [-0.39, 0.29) is 11.8 Å². The molecule has 0 unspecified atom stereocenters. The summed E-state index contributed by atoms with van der Waals surface area (Å²) in [7, 11) is 0. The van der Waals surface area contributed by atoms with Crippen LogP contribution >= 0.6 is 11.6 Å². The monoisotopic (exact) mass is 378 g/mol. The van der Waals surface area contributed by atoms with Gasteiger partial charge in [-0.05, 0) is 47.5 Å². The third kappa shape index (κ3) is 5.69. The van der Waals surface area contributed by atoms with E-state index in [1.165, 1.54) is 0 Å². The summed E-state index contributed by atoms with van der Waals surface area (Å²) in [5, 5.41) is 6.36. The van der Waals surface area contributed by atoms with E-state index in [4.69, 9.17) is 11.6 Å². The Kier molecular flexibility index (Phi) is 6.23. The Morgan fingerprint density at radius 2 is 1.44 bits per heavy atom. The maximum Gasteiger partial charge on any atom is 0.251 e. The summed E-state index contributed by atoms with van der Waals surface area (Å²) in [6.07, 6.45) is 0.310. The van der Waals surface area contributed by atoms with Gasteiger partial charge in [0.05, 0.1) is 6.42 Å². The molecule has 0 aromatic heterocycles. The van der Waals surface area contributed by atoms with E-state index < -0.39 is 0 Å². The van der Waals surface area contributed by atoms with Crippen LogP contribution in [0.5, 0.6) is 0 Å². The van der Waals surface area contributed by atoms with Gasteiger partial charge in [0.2, 0.25) is 5.91 Å². The molecule has 3 rings (SSSR count). The van der Waals surface area contributed by atoms with E-state index in [9.17, 15) is 9.59 Å². The van der Waals surface area contributed by atoms with Crippen LogP contribution in [0.3, 0.4) is 0 Å². The predicted octanol–water partition coefficient (Wildman–Crippen LogP) is 4.45. The molecule has 0 atom stereocenters. The summed E-state index contributed by atoms with van der Waals surface area (Å²) in [6.45, 7) is 0.422. The van der Waals surface area contributed by atoms with E-state index in [1.807, 2.05) is 42.5 Å². The first kappa shape index (κ1) is 18.7. The van der Waals surface area contributed by atoms with Crippen LogP contribution < -0.4 is 10.6 Å². The highest BCUT2D eigenvalue weighted by atomic mass is 35.5. The zero-order valence-electron chi connectivity index (χ0n) is 14.6. The molecule has 3 aromatic rings. The lowest BCUT2D eigenvalue weighted by molar-refractivity contribution is -0.115. The number of halogens is 1. The molecule has 0 radical (unpaired) electrons. The zero-order chi connectivity index (χ0) is 19.1. The van der Waals surface area contributed by atoms with E-state index in [1.54, 1.807) is 36.4 Å². The Bertz CT molecular complexity index is 907. The van der Waals surface area contributed by atoms with Crippen molar-refractivity contribution in [3.05, 3.63) is 101 Å². The number of anilines is 1. The van der Waals surface area contributed by atoms with Crippen molar-refractivity contribution in [1.82, 2.24) is 5.32 Å². The Labute approximate surface area is 163 Å². The fourth-order valence-electron chi connectivity index (χ4n) is 2.58. The normalized spacial score (nSPS) is 10.3. The summed E-state index contributed by atoms with van der Waals surface area (Å²) in [5.41, 5.74) is 3.11. The van der Waals surface area contributed by atoms with Crippen LogP contribution in [0.2, 0.25) is 5.02 Å². The molecule has 0 bridgehead atoms. The van der Waals surface area contributed by atoms with Crippen LogP contribution in [0.4, 0.5) is 5.69 Å². The Balaban J connectivity index is 1.52. The van der Waals surface area contributed by atoms with Crippen molar-refractivity contribution in [2.45, 2.75) is 13.0 Å². The van der Waals surface area contributed by atoms with Crippen molar-refractivity contribution in [1.29, 1.82) is 0 Å². The number of benzene rings is 3. The number of hydrogen-bond acceptors (Lipinski definition) is 2. The van der Waals surface area contributed by atoms with Crippen LogP contribution in [0.25, 0.3) is 0 Å². The fourth-order valence-corrected chi connectivity index (χ4v) is 2.70. The van der Waals surface area contributed by atoms with Gasteiger partial charge in [0.25, 0.3) is 5.91 Å². The first-order chi connectivity index (χ1) is 13.1.